The van der Waals surface area contributed by atoms with Gasteiger partial charge >= 0.3 is 0 Å². The topological polar surface area (TPSA) is 58.2 Å². The summed E-state index contributed by atoms with van der Waals surface area (Å²) in [6, 6.07) is 13.1. The molecule has 126 valence electrons. The number of rotatable bonds is 7. The average molecular weight is 367 g/mol. The standard InChI is InChI=1S/C17H16ClFN2O2S/c18-13-5-3-4-12(8-13)9-20-16(22)10-24-11-17(23)21-15-7-2-1-6-14(15)19/h1-8H,9-11H2,(H,20,22)(H,21,23). The summed E-state index contributed by atoms with van der Waals surface area (Å²) in [7, 11) is 0. The number of amides is 2. The molecule has 2 rings (SSSR count). The van der Waals surface area contributed by atoms with Gasteiger partial charge in [-0.2, -0.15) is 0 Å². The highest BCUT2D eigenvalue weighted by Gasteiger charge is 2.08. The second kappa shape index (κ2) is 9.30. The number of halogens is 2. The van der Waals surface area contributed by atoms with Crippen LogP contribution in [-0.2, 0) is 16.1 Å². The van der Waals surface area contributed by atoms with Crippen molar-refractivity contribution in [3.05, 3.63) is 64.9 Å². The van der Waals surface area contributed by atoms with Crippen molar-refractivity contribution in [2.45, 2.75) is 6.54 Å². The molecule has 2 N–H and O–H groups in total. The predicted octanol–water partition coefficient (Wildman–Crippen LogP) is 3.47. The van der Waals surface area contributed by atoms with Gasteiger partial charge in [0.25, 0.3) is 0 Å². The van der Waals surface area contributed by atoms with Crippen LogP contribution < -0.4 is 10.6 Å². The van der Waals surface area contributed by atoms with E-state index in [1.54, 1.807) is 24.3 Å². The van der Waals surface area contributed by atoms with E-state index in [2.05, 4.69) is 10.6 Å². The van der Waals surface area contributed by atoms with E-state index in [4.69, 9.17) is 11.6 Å². The first kappa shape index (κ1) is 18.3. The van der Waals surface area contributed by atoms with E-state index in [0.29, 0.717) is 11.6 Å². The zero-order chi connectivity index (χ0) is 17.4. The number of anilines is 1. The molecule has 2 aromatic rings. The minimum Gasteiger partial charge on any atom is -0.351 e. The lowest BCUT2D eigenvalue weighted by atomic mass is 10.2. The van der Waals surface area contributed by atoms with Gasteiger partial charge in [0, 0.05) is 11.6 Å². The number of hydrogen-bond donors (Lipinski definition) is 2. The lowest BCUT2D eigenvalue weighted by Crippen LogP contribution is -2.25. The quantitative estimate of drug-likeness (QED) is 0.788. The van der Waals surface area contributed by atoms with Crippen LogP contribution in [0.5, 0.6) is 0 Å². The Balaban J connectivity index is 1.67. The number of carbonyl (C=O) groups excluding carboxylic acids is 2. The highest BCUT2D eigenvalue weighted by molar-refractivity contribution is 8.00. The summed E-state index contributed by atoms with van der Waals surface area (Å²) >= 11 is 7.03. The molecule has 7 heteroatoms. The van der Waals surface area contributed by atoms with Crippen molar-refractivity contribution in [3.8, 4) is 0 Å². The summed E-state index contributed by atoms with van der Waals surface area (Å²) in [6.07, 6.45) is 0. The Morgan fingerprint density at radius 2 is 1.79 bits per heavy atom. The monoisotopic (exact) mass is 366 g/mol. The maximum Gasteiger partial charge on any atom is 0.234 e. The molecule has 0 heterocycles. The van der Waals surface area contributed by atoms with E-state index >= 15 is 0 Å². The second-order valence-corrected chi connectivity index (χ2v) is 6.35. The molecule has 0 spiro atoms. The van der Waals surface area contributed by atoms with Gasteiger partial charge in [0.15, 0.2) is 0 Å². The Labute approximate surface area is 148 Å². The van der Waals surface area contributed by atoms with Crippen molar-refractivity contribution in [2.75, 3.05) is 16.8 Å². The smallest absolute Gasteiger partial charge is 0.234 e. The fraction of sp³-hybridized carbons (Fsp3) is 0.176. The maximum atomic E-state index is 13.4. The molecule has 4 nitrogen and oxygen atoms in total. The van der Waals surface area contributed by atoms with Gasteiger partial charge in [-0.05, 0) is 29.8 Å². The molecular weight excluding hydrogens is 351 g/mol. The van der Waals surface area contributed by atoms with Gasteiger partial charge in [-0.25, -0.2) is 4.39 Å². The van der Waals surface area contributed by atoms with Gasteiger partial charge in [0.05, 0.1) is 17.2 Å². The Hall–Kier alpha value is -2.05. The Bertz CT molecular complexity index is 727. The molecule has 0 saturated carbocycles. The van der Waals surface area contributed by atoms with E-state index in [0.717, 1.165) is 17.3 Å². The van der Waals surface area contributed by atoms with E-state index in [1.165, 1.54) is 12.1 Å². The average Bonchev–Trinajstić information content (AvgIpc) is 2.55. The van der Waals surface area contributed by atoms with Gasteiger partial charge < -0.3 is 10.6 Å². The lowest BCUT2D eigenvalue weighted by molar-refractivity contribution is -0.118. The van der Waals surface area contributed by atoms with Gasteiger partial charge in [-0.15, -0.1) is 11.8 Å². The summed E-state index contributed by atoms with van der Waals surface area (Å²) in [5.41, 5.74) is 1.03. The highest BCUT2D eigenvalue weighted by atomic mass is 35.5. The van der Waals surface area contributed by atoms with Gasteiger partial charge in [-0.3, -0.25) is 9.59 Å². The number of hydrogen-bond acceptors (Lipinski definition) is 3. The predicted molar refractivity (Wildman–Crippen MR) is 95.7 cm³/mol. The Kier molecular flexibility index (Phi) is 7.08. The van der Waals surface area contributed by atoms with Gasteiger partial charge in [-0.1, -0.05) is 35.9 Å². The molecule has 0 aliphatic heterocycles. The lowest BCUT2D eigenvalue weighted by Gasteiger charge is -2.07. The molecule has 0 radical (unpaired) electrons. The van der Waals surface area contributed by atoms with E-state index in [9.17, 15) is 14.0 Å². The third-order valence-corrected chi connectivity index (χ3v) is 4.16. The second-order valence-electron chi connectivity index (χ2n) is 4.93. The van der Waals surface area contributed by atoms with Crippen LogP contribution in [0, 0.1) is 5.82 Å². The summed E-state index contributed by atoms with van der Waals surface area (Å²) in [5.74, 6) is -0.814. The first-order valence-corrected chi connectivity index (χ1v) is 8.71. The number of nitrogens with one attached hydrogen (secondary N) is 2. The number of carbonyl (C=O) groups is 2. The largest absolute Gasteiger partial charge is 0.351 e. The van der Waals surface area contributed by atoms with Crippen LogP contribution in [-0.4, -0.2) is 23.3 Å². The Morgan fingerprint density at radius 1 is 1.04 bits per heavy atom. The normalized spacial score (nSPS) is 10.2. The third-order valence-electron chi connectivity index (χ3n) is 2.99. The Morgan fingerprint density at radius 3 is 2.54 bits per heavy atom. The van der Waals surface area contributed by atoms with Crippen molar-refractivity contribution < 1.29 is 14.0 Å². The van der Waals surface area contributed by atoms with E-state index in [-0.39, 0.29) is 29.0 Å². The number of benzene rings is 2. The molecule has 0 aliphatic carbocycles. The van der Waals surface area contributed by atoms with Crippen LogP contribution in [0.1, 0.15) is 5.56 Å². The van der Waals surface area contributed by atoms with Crippen molar-refractivity contribution >= 4 is 40.9 Å². The molecular formula is C17H16ClFN2O2S. The summed E-state index contributed by atoms with van der Waals surface area (Å²) in [4.78, 5) is 23.5. The first-order valence-electron chi connectivity index (χ1n) is 7.18. The third kappa shape index (κ3) is 6.22. The molecule has 0 aliphatic rings. The molecule has 0 saturated heterocycles. The van der Waals surface area contributed by atoms with Crippen molar-refractivity contribution in [1.82, 2.24) is 5.32 Å². The minimum absolute atomic E-state index is 0.0684. The molecule has 0 bridgehead atoms. The fourth-order valence-corrected chi connectivity index (χ4v) is 2.74. The molecule has 0 aromatic heterocycles. The maximum absolute atomic E-state index is 13.4. The molecule has 2 amide bonds. The number of para-hydroxylation sites is 1. The van der Waals surface area contributed by atoms with Crippen LogP contribution in [0.25, 0.3) is 0 Å². The van der Waals surface area contributed by atoms with Crippen LogP contribution in [0.2, 0.25) is 5.02 Å². The number of thioether (sulfide) groups is 1. The van der Waals surface area contributed by atoms with Crippen molar-refractivity contribution in [1.29, 1.82) is 0 Å². The van der Waals surface area contributed by atoms with Crippen LogP contribution in [0.3, 0.4) is 0 Å². The van der Waals surface area contributed by atoms with Gasteiger partial charge in [0.2, 0.25) is 11.8 Å². The SMILES string of the molecule is O=C(CSCC(=O)Nc1ccccc1F)NCc1cccc(Cl)c1. The molecule has 0 atom stereocenters. The van der Waals surface area contributed by atoms with E-state index in [1.807, 2.05) is 12.1 Å². The van der Waals surface area contributed by atoms with Crippen molar-refractivity contribution in [3.63, 3.8) is 0 Å². The first-order chi connectivity index (χ1) is 11.5. The van der Waals surface area contributed by atoms with Crippen LogP contribution >= 0.6 is 23.4 Å². The minimum atomic E-state index is -0.491. The van der Waals surface area contributed by atoms with Crippen LogP contribution in [0.15, 0.2) is 48.5 Å². The molecule has 0 unspecified atom stereocenters. The van der Waals surface area contributed by atoms with Crippen LogP contribution in [0.4, 0.5) is 10.1 Å². The zero-order valence-corrected chi connectivity index (χ0v) is 14.3. The zero-order valence-electron chi connectivity index (χ0n) is 12.7. The van der Waals surface area contributed by atoms with Crippen molar-refractivity contribution in [2.24, 2.45) is 0 Å². The summed E-state index contributed by atoms with van der Waals surface area (Å²) in [6.45, 7) is 0.376. The highest BCUT2D eigenvalue weighted by Crippen LogP contribution is 2.13. The van der Waals surface area contributed by atoms with Gasteiger partial charge in [0.1, 0.15) is 5.82 Å². The molecule has 2 aromatic carbocycles. The summed E-state index contributed by atoms with van der Waals surface area (Å²) < 4.78 is 13.4. The molecule has 24 heavy (non-hydrogen) atoms. The summed E-state index contributed by atoms with van der Waals surface area (Å²) in [5, 5.41) is 5.83. The fourth-order valence-electron chi connectivity index (χ4n) is 1.88. The van der Waals surface area contributed by atoms with E-state index < -0.39 is 5.82 Å². The molecule has 0 fully saturated rings.